The highest BCUT2D eigenvalue weighted by molar-refractivity contribution is 6.03. The van der Waals surface area contributed by atoms with E-state index in [1.807, 2.05) is 0 Å². The summed E-state index contributed by atoms with van der Waals surface area (Å²) in [5.41, 5.74) is 0.591. The molecule has 1 heterocycles. The molecule has 0 unspecified atom stereocenters. The van der Waals surface area contributed by atoms with E-state index in [-0.39, 0.29) is 30.9 Å². The standard InChI is InChI=1S/C16H16N2O5/c19-14(7-8-15(20)21)18-13-6-2-1-5-12(13)16(22)17-10-11-4-3-9-23-11/h1-6,9H,7-8,10H2,(H,17,22)(H,18,19)(H,20,21)/p-1. The normalized spacial score (nSPS) is 10.1. The summed E-state index contributed by atoms with van der Waals surface area (Å²) < 4.78 is 5.12. The minimum Gasteiger partial charge on any atom is -0.550 e. The van der Waals surface area contributed by atoms with Gasteiger partial charge in [0.15, 0.2) is 0 Å². The van der Waals surface area contributed by atoms with Gasteiger partial charge in [0, 0.05) is 12.4 Å². The summed E-state index contributed by atoms with van der Waals surface area (Å²) in [5, 5.41) is 15.6. The lowest BCUT2D eigenvalue weighted by molar-refractivity contribution is -0.305. The fraction of sp³-hybridized carbons (Fsp3) is 0.188. The van der Waals surface area contributed by atoms with E-state index < -0.39 is 11.9 Å². The van der Waals surface area contributed by atoms with Crippen LogP contribution < -0.4 is 15.7 Å². The summed E-state index contributed by atoms with van der Waals surface area (Å²) in [6.45, 7) is 0.221. The Hall–Kier alpha value is -3.09. The zero-order chi connectivity index (χ0) is 16.7. The van der Waals surface area contributed by atoms with Gasteiger partial charge in [-0.3, -0.25) is 9.59 Å². The number of furan rings is 1. The Labute approximate surface area is 132 Å². The average Bonchev–Trinajstić information content (AvgIpc) is 3.04. The molecule has 0 aliphatic carbocycles. The largest absolute Gasteiger partial charge is 0.550 e. The molecule has 0 bridgehead atoms. The molecule has 7 nitrogen and oxygen atoms in total. The fourth-order valence-electron chi connectivity index (χ4n) is 1.89. The number of nitrogens with one attached hydrogen (secondary N) is 2. The van der Waals surface area contributed by atoms with Gasteiger partial charge in [-0.15, -0.1) is 0 Å². The maximum Gasteiger partial charge on any atom is 0.253 e. The van der Waals surface area contributed by atoms with Gasteiger partial charge < -0.3 is 25.0 Å². The van der Waals surface area contributed by atoms with E-state index in [2.05, 4.69) is 10.6 Å². The number of hydrogen-bond donors (Lipinski definition) is 2. The average molecular weight is 315 g/mol. The van der Waals surface area contributed by atoms with Crippen molar-refractivity contribution in [1.82, 2.24) is 5.32 Å². The lowest BCUT2D eigenvalue weighted by atomic mass is 10.1. The Morgan fingerprint density at radius 2 is 1.83 bits per heavy atom. The number of aliphatic carboxylic acids is 1. The van der Waals surface area contributed by atoms with E-state index in [1.54, 1.807) is 36.4 Å². The molecule has 120 valence electrons. The van der Waals surface area contributed by atoms with E-state index in [1.165, 1.54) is 6.26 Å². The Balaban J connectivity index is 2.00. The lowest BCUT2D eigenvalue weighted by Gasteiger charge is -2.11. The number of carbonyl (C=O) groups excluding carboxylic acids is 3. The van der Waals surface area contributed by atoms with Crippen molar-refractivity contribution in [2.24, 2.45) is 0 Å². The van der Waals surface area contributed by atoms with Crippen molar-refractivity contribution in [3.63, 3.8) is 0 Å². The lowest BCUT2D eigenvalue weighted by Crippen LogP contribution is -2.26. The molecular weight excluding hydrogens is 300 g/mol. The molecule has 0 saturated heterocycles. The molecule has 0 fully saturated rings. The second-order valence-corrected chi connectivity index (χ2v) is 4.73. The molecule has 2 aromatic rings. The SMILES string of the molecule is O=C([O-])CCC(=O)Nc1ccccc1C(=O)NCc1ccco1. The van der Waals surface area contributed by atoms with Crippen LogP contribution in [0.5, 0.6) is 0 Å². The van der Waals surface area contributed by atoms with Gasteiger partial charge in [0.1, 0.15) is 5.76 Å². The van der Waals surface area contributed by atoms with Crippen LogP contribution in [0.15, 0.2) is 47.1 Å². The van der Waals surface area contributed by atoms with E-state index in [0.717, 1.165) is 0 Å². The van der Waals surface area contributed by atoms with Gasteiger partial charge in [-0.1, -0.05) is 12.1 Å². The summed E-state index contributed by atoms with van der Waals surface area (Å²) >= 11 is 0. The highest BCUT2D eigenvalue weighted by Crippen LogP contribution is 2.15. The van der Waals surface area contributed by atoms with Crippen LogP contribution >= 0.6 is 0 Å². The van der Waals surface area contributed by atoms with Crippen molar-refractivity contribution >= 4 is 23.5 Å². The maximum atomic E-state index is 12.2. The van der Waals surface area contributed by atoms with Crippen molar-refractivity contribution in [2.75, 3.05) is 5.32 Å². The minimum absolute atomic E-state index is 0.218. The number of para-hydroxylation sites is 1. The van der Waals surface area contributed by atoms with Crippen LogP contribution in [-0.4, -0.2) is 17.8 Å². The van der Waals surface area contributed by atoms with Gasteiger partial charge in [-0.25, -0.2) is 0 Å². The van der Waals surface area contributed by atoms with Crippen molar-refractivity contribution in [2.45, 2.75) is 19.4 Å². The molecule has 0 aliphatic rings. The smallest absolute Gasteiger partial charge is 0.253 e. The summed E-state index contributed by atoms with van der Waals surface area (Å²) in [6.07, 6.45) is 0.913. The van der Waals surface area contributed by atoms with E-state index in [9.17, 15) is 19.5 Å². The highest BCUT2D eigenvalue weighted by Gasteiger charge is 2.13. The predicted molar refractivity (Wildman–Crippen MR) is 79.2 cm³/mol. The zero-order valence-electron chi connectivity index (χ0n) is 12.2. The molecule has 2 amide bonds. The molecule has 1 aromatic heterocycles. The third-order valence-corrected chi connectivity index (χ3v) is 3.01. The van der Waals surface area contributed by atoms with Crippen LogP contribution in [0, 0.1) is 0 Å². The van der Waals surface area contributed by atoms with Gasteiger partial charge in [-0.05, 0) is 30.7 Å². The van der Waals surface area contributed by atoms with Crippen LogP contribution in [0.25, 0.3) is 0 Å². The summed E-state index contributed by atoms with van der Waals surface area (Å²) in [6, 6.07) is 9.90. The Morgan fingerprint density at radius 1 is 1.04 bits per heavy atom. The number of carboxylic acids is 1. The Morgan fingerprint density at radius 3 is 2.52 bits per heavy atom. The Bertz CT molecular complexity index is 694. The second-order valence-electron chi connectivity index (χ2n) is 4.73. The molecule has 7 heteroatoms. The van der Waals surface area contributed by atoms with Gasteiger partial charge in [-0.2, -0.15) is 0 Å². The third-order valence-electron chi connectivity index (χ3n) is 3.01. The first-order valence-electron chi connectivity index (χ1n) is 6.95. The number of benzene rings is 1. The van der Waals surface area contributed by atoms with Crippen molar-refractivity contribution in [3.05, 3.63) is 54.0 Å². The monoisotopic (exact) mass is 315 g/mol. The van der Waals surface area contributed by atoms with Crippen LogP contribution in [0.4, 0.5) is 5.69 Å². The molecule has 0 atom stereocenters. The van der Waals surface area contributed by atoms with Crippen LogP contribution in [0.2, 0.25) is 0 Å². The fourth-order valence-corrected chi connectivity index (χ4v) is 1.89. The highest BCUT2D eigenvalue weighted by atomic mass is 16.4. The predicted octanol–water partition coefficient (Wildman–Crippen LogP) is 0.678. The van der Waals surface area contributed by atoms with Crippen LogP contribution in [-0.2, 0) is 16.1 Å². The van der Waals surface area contributed by atoms with E-state index in [0.29, 0.717) is 11.4 Å². The number of carboxylic acid groups (broad SMARTS) is 1. The zero-order valence-corrected chi connectivity index (χ0v) is 12.2. The molecule has 0 saturated carbocycles. The molecule has 0 aliphatic heterocycles. The van der Waals surface area contributed by atoms with Gasteiger partial charge in [0.25, 0.3) is 5.91 Å². The summed E-state index contributed by atoms with van der Waals surface area (Å²) in [5.74, 6) is -1.57. The summed E-state index contributed by atoms with van der Waals surface area (Å²) in [7, 11) is 0. The number of carbonyl (C=O) groups is 3. The number of rotatable bonds is 7. The first-order chi connectivity index (χ1) is 11.1. The molecule has 1 aromatic carbocycles. The molecule has 23 heavy (non-hydrogen) atoms. The molecule has 2 N–H and O–H groups in total. The first-order valence-corrected chi connectivity index (χ1v) is 6.95. The quantitative estimate of drug-likeness (QED) is 0.780. The van der Waals surface area contributed by atoms with Gasteiger partial charge in [0.2, 0.25) is 5.91 Å². The molecule has 0 radical (unpaired) electrons. The van der Waals surface area contributed by atoms with Crippen molar-refractivity contribution in [3.8, 4) is 0 Å². The Kier molecular flexibility index (Phi) is 5.51. The van der Waals surface area contributed by atoms with Crippen LogP contribution in [0.1, 0.15) is 29.0 Å². The number of amides is 2. The van der Waals surface area contributed by atoms with Crippen LogP contribution in [0.3, 0.4) is 0 Å². The van der Waals surface area contributed by atoms with E-state index >= 15 is 0 Å². The van der Waals surface area contributed by atoms with Crippen molar-refractivity contribution < 1.29 is 23.9 Å². The number of anilines is 1. The molecule has 2 rings (SSSR count). The van der Waals surface area contributed by atoms with Crippen molar-refractivity contribution in [1.29, 1.82) is 0 Å². The van der Waals surface area contributed by atoms with E-state index in [4.69, 9.17) is 4.42 Å². The minimum atomic E-state index is -1.30. The number of hydrogen-bond acceptors (Lipinski definition) is 5. The van der Waals surface area contributed by atoms with Gasteiger partial charge >= 0.3 is 0 Å². The van der Waals surface area contributed by atoms with Gasteiger partial charge in [0.05, 0.1) is 24.1 Å². The topological polar surface area (TPSA) is 111 Å². The second kappa shape index (κ2) is 7.79. The molecule has 0 spiro atoms. The molecular formula is C16H15N2O5-. The summed E-state index contributed by atoms with van der Waals surface area (Å²) in [4.78, 5) is 34.3. The third kappa shape index (κ3) is 4.99. The first kappa shape index (κ1) is 16.3. The maximum absolute atomic E-state index is 12.2.